The molecule has 0 radical (unpaired) electrons. The number of carbonyl (C=O) groups excluding carboxylic acids is 2. The van der Waals surface area contributed by atoms with Gasteiger partial charge >= 0.3 is 11.9 Å². The number of benzene rings is 3. The number of H-pyrrole nitrogens is 1. The van der Waals surface area contributed by atoms with Crippen LogP contribution in [0, 0.1) is 13.8 Å². The van der Waals surface area contributed by atoms with Gasteiger partial charge in [0.2, 0.25) is 24.2 Å². The molecule has 0 aliphatic carbocycles. The number of aromatic amines is 1. The summed E-state index contributed by atoms with van der Waals surface area (Å²) in [4.78, 5) is 61.3. The lowest BCUT2D eigenvalue weighted by atomic mass is 9.66. The van der Waals surface area contributed by atoms with E-state index in [9.17, 15) is 65.1 Å². The monoisotopic (exact) mass is 1000 g/mol. The van der Waals surface area contributed by atoms with E-state index >= 15 is 0 Å². The Balaban J connectivity index is 1.45. The molecule has 0 saturated carbocycles. The number of aryl methyl sites for hydroxylation is 2. The smallest absolute Gasteiger partial charge is 0.336 e. The molecule has 0 spiro atoms. The maximum Gasteiger partial charge on any atom is 0.336 e. The van der Waals surface area contributed by atoms with E-state index in [4.69, 9.17) is 23.5 Å². The zero-order valence-corrected chi connectivity index (χ0v) is 39.4. The van der Waals surface area contributed by atoms with Crippen LogP contribution in [0.4, 0.5) is 0 Å². The van der Waals surface area contributed by atoms with Crippen molar-refractivity contribution >= 4 is 40.1 Å². The second-order valence-electron chi connectivity index (χ2n) is 17.9. The van der Waals surface area contributed by atoms with Crippen molar-refractivity contribution < 1.29 is 83.8 Å². The highest BCUT2D eigenvalue weighted by molar-refractivity contribution is 5.98. The molecular weight excluding hydrogens is 945 g/mol. The van der Waals surface area contributed by atoms with Gasteiger partial charge in [-0.1, -0.05) is 29.3 Å². The summed E-state index contributed by atoms with van der Waals surface area (Å²) in [5.74, 6) is -3.66. The number of rotatable bonds is 23. The molecule has 22 heteroatoms. The number of hydrogen-bond acceptors (Lipinski definition) is 19. The van der Waals surface area contributed by atoms with Crippen molar-refractivity contribution in [3.8, 4) is 33.9 Å². The molecule has 1 fully saturated rings. The van der Waals surface area contributed by atoms with Gasteiger partial charge in [0, 0.05) is 49.3 Å². The number of phenols is 1. The maximum absolute atomic E-state index is 14.0. The highest BCUT2D eigenvalue weighted by Gasteiger charge is 2.74. The van der Waals surface area contributed by atoms with Gasteiger partial charge in [-0.3, -0.25) is 15.4 Å². The van der Waals surface area contributed by atoms with E-state index in [0.717, 1.165) is 11.1 Å². The highest BCUT2D eigenvalue weighted by atomic mass is 16.8. The Morgan fingerprint density at radius 2 is 1.72 bits per heavy atom. The molecule has 1 aliphatic heterocycles. The molecule has 7 rings (SSSR count). The van der Waals surface area contributed by atoms with Crippen LogP contribution < -0.4 is 25.6 Å². The Kier molecular flexibility index (Phi) is 16.2. The summed E-state index contributed by atoms with van der Waals surface area (Å²) in [6, 6.07) is 14.9. The van der Waals surface area contributed by atoms with Gasteiger partial charge in [0.25, 0.3) is 0 Å². The largest absolute Gasteiger partial charge is 0.508 e. The number of nitrogens with zero attached hydrogens (tertiary/aromatic N) is 1. The van der Waals surface area contributed by atoms with Crippen LogP contribution >= 0.6 is 0 Å². The zero-order chi connectivity index (χ0) is 52.1. The van der Waals surface area contributed by atoms with Gasteiger partial charge in [0.15, 0.2) is 22.7 Å². The van der Waals surface area contributed by atoms with Gasteiger partial charge in [-0.25, -0.2) is 9.59 Å². The van der Waals surface area contributed by atoms with E-state index in [1.807, 2.05) is 32.0 Å². The number of esters is 1. The van der Waals surface area contributed by atoms with E-state index in [0.29, 0.717) is 34.0 Å². The van der Waals surface area contributed by atoms with Crippen LogP contribution in [0.5, 0.6) is 11.5 Å². The molecule has 6 aromatic rings. The fraction of sp³-hybridized carbons (Fsp3) is 0.400. The minimum Gasteiger partial charge on any atom is -0.508 e. The number of nitrogens with one attached hydrogen (secondary N) is 3. The summed E-state index contributed by atoms with van der Waals surface area (Å²) < 4.78 is 25.9. The number of fused-ring (bicyclic) bond motifs is 2. The van der Waals surface area contributed by atoms with Gasteiger partial charge in [-0.05, 0) is 81.6 Å². The minimum atomic E-state index is -3.38. The summed E-state index contributed by atoms with van der Waals surface area (Å²) >= 11 is 0. The molecule has 9 atom stereocenters. The van der Waals surface area contributed by atoms with Crippen LogP contribution in [-0.2, 0) is 23.9 Å². The van der Waals surface area contributed by atoms with Crippen LogP contribution in [-0.4, -0.2) is 160 Å². The fourth-order valence-corrected chi connectivity index (χ4v) is 9.10. The minimum absolute atomic E-state index is 0.0260. The molecule has 1 saturated heterocycles. The van der Waals surface area contributed by atoms with E-state index in [1.54, 1.807) is 12.3 Å². The molecule has 12 N–H and O–H groups in total. The van der Waals surface area contributed by atoms with Crippen LogP contribution in [0.2, 0.25) is 0 Å². The number of aliphatic hydroxyl groups is 7. The fourth-order valence-electron chi connectivity index (χ4n) is 9.10. The number of carboxylic acids is 1. The van der Waals surface area contributed by atoms with Crippen LogP contribution in [0.1, 0.15) is 37.3 Å². The van der Waals surface area contributed by atoms with Crippen molar-refractivity contribution in [2.75, 3.05) is 32.9 Å². The Labute approximate surface area is 410 Å². The van der Waals surface area contributed by atoms with Gasteiger partial charge in [0.1, 0.15) is 35.3 Å². The van der Waals surface area contributed by atoms with E-state index in [-0.39, 0.29) is 47.4 Å². The molecule has 3 aromatic heterocycles. The lowest BCUT2D eigenvalue weighted by Crippen LogP contribution is -2.86. The molecule has 3 aromatic carbocycles. The molecule has 72 heavy (non-hydrogen) atoms. The number of carbonyl (C=O) groups is 3. The van der Waals surface area contributed by atoms with E-state index in [1.165, 1.54) is 66.6 Å². The van der Waals surface area contributed by atoms with Crippen molar-refractivity contribution in [2.45, 2.75) is 93.7 Å². The predicted octanol–water partition coefficient (Wildman–Crippen LogP) is 0.755. The number of hydrogen-bond donors (Lipinski definition) is 12. The quantitative estimate of drug-likeness (QED) is 0.0139. The summed E-state index contributed by atoms with van der Waals surface area (Å²) in [7, 11) is 0. The topological polar surface area (TPSA) is 345 Å². The SMILES string of the molecule is Cc1cc(C)cc(-c2c3[nH]ccc3cn2O[C@@H]2[C@@H](Oc3ccc4c(=O)c(-c5ccc(O)cc5)coc4c3)O[C@@H]([C@@](CO)(NC[C@H](C)O)OC(=O)[C@H](NCCC=O)C(=O)O)[C@@](O)(CO)[C@]2(O)[C@H](O)CCCO)c1. The molecule has 386 valence electrons. The lowest BCUT2D eigenvalue weighted by molar-refractivity contribution is -0.401. The third-order valence-electron chi connectivity index (χ3n) is 12.6. The Morgan fingerprint density at radius 3 is 2.36 bits per heavy atom. The van der Waals surface area contributed by atoms with Crippen molar-refractivity contribution in [1.29, 1.82) is 0 Å². The Morgan fingerprint density at radius 1 is 1.00 bits per heavy atom. The molecule has 0 bridgehead atoms. The predicted molar refractivity (Wildman–Crippen MR) is 255 cm³/mol. The van der Waals surface area contributed by atoms with Crippen LogP contribution in [0.15, 0.2) is 94.6 Å². The van der Waals surface area contributed by atoms with Crippen LogP contribution in [0.3, 0.4) is 0 Å². The Bertz CT molecular complexity index is 2920. The van der Waals surface area contributed by atoms with Crippen molar-refractivity contribution in [2.24, 2.45) is 0 Å². The summed E-state index contributed by atoms with van der Waals surface area (Å²) in [6.45, 7) is 0.493. The molecule has 0 amide bonds. The zero-order valence-electron chi connectivity index (χ0n) is 39.4. The van der Waals surface area contributed by atoms with Crippen LogP contribution in [0.25, 0.3) is 44.3 Å². The van der Waals surface area contributed by atoms with E-state index in [2.05, 4.69) is 15.6 Å². The average Bonchev–Trinajstić information content (AvgIpc) is 3.94. The van der Waals surface area contributed by atoms with Gasteiger partial charge in [-0.15, -0.1) is 0 Å². The molecule has 0 unspecified atom stereocenters. The highest BCUT2D eigenvalue weighted by Crippen LogP contribution is 2.47. The number of aliphatic hydroxyl groups excluding tert-OH is 5. The molecule has 4 heterocycles. The number of aromatic nitrogens is 2. The van der Waals surface area contributed by atoms with Gasteiger partial charge in [0.05, 0.1) is 48.1 Å². The number of aldehydes is 1. The third kappa shape index (κ3) is 10.3. The number of phenolic OH excluding ortho intramolecular Hbond substituents is 1. The maximum atomic E-state index is 14.0. The molecule has 1 aliphatic rings. The second-order valence-corrected chi connectivity index (χ2v) is 17.9. The molecule has 22 nitrogen and oxygen atoms in total. The normalized spacial score (nSPS) is 22.2. The summed E-state index contributed by atoms with van der Waals surface area (Å²) in [6.07, 6.45) is -6.62. The first-order valence-corrected chi connectivity index (χ1v) is 23.0. The first-order valence-electron chi connectivity index (χ1n) is 23.0. The van der Waals surface area contributed by atoms with Crippen molar-refractivity contribution in [1.82, 2.24) is 20.3 Å². The number of aromatic hydroxyl groups is 1. The Hall–Kier alpha value is -6.70. The van der Waals surface area contributed by atoms with Gasteiger partial charge in [-0.2, -0.15) is 4.73 Å². The average molecular weight is 1000 g/mol. The lowest BCUT2D eigenvalue weighted by Gasteiger charge is -2.59. The van der Waals surface area contributed by atoms with Crippen molar-refractivity contribution in [3.05, 3.63) is 107 Å². The summed E-state index contributed by atoms with van der Waals surface area (Å²) in [5, 5.41) is 108. The van der Waals surface area contributed by atoms with Crippen molar-refractivity contribution in [3.63, 3.8) is 0 Å². The number of ether oxygens (including phenoxy) is 3. The second kappa shape index (κ2) is 22.0. The first kappa shape index (κ1) is 53.1. The van der Waals surface area contributed by atoms with Gasteiger partial charge < -0.3 is 79.2 Å². The van der Waals surface area contributed by atoms with E-state index < -0.39 is 104 Å². The molecular formula is C50H58N4O18. The first-order chi connectivity index (χ1) is 34.3. The summed E-state index contributed by atoms with van der Waals surface area (Å²) in [5.41, 5.74) is -6.37. The number of carboxylic acid groups (broad SMARTS) is 1. The third-order valence-corrected chi connectivity index (χ3v) is 12.6. The standard InChI is InChI=1S/C50H58N4O18/c1-27-18-28(2)20-32(19-27)41-39-31(13-15-52-39)23-54(41)72-43-46(69-34-11-12-35-37(21-34)68-24-36(42(35)62)30-7-9-33(60)10-8-30)70-47(48(66,25-57)50(43,67)38(61)6-4-16-55)49(26-58,53-22-29(3)59)71-45(65)40(44(63)64)51-14-5-17-56/h7-13,15,17-21,23-24,29,38,40,43,46-47,51-53,55,57-61,66-67H,4-6,14,16,22,25-26H2,1-3H3,(H,63,64)/t29-,38+,40+,43+,46-,47+,48-,49-,50-/m0/s1. The number of aliphatic carboxylic acids is 1.